The molecule has 3 aliphatic rings. The summed E-state index contributed by atoms with van der Waals surface area (Å²) in [5, 5.41) is 0. The highest BCUT2D eigenvalue weighted by atomic mass is 15.2. The summed E-state index contributed by atoms with van der Waals surface area (Å²) in [6.07, 6.45) is 8.77. The van der Waals surface area contributed by atoms with Crippen molar-refractivity contribution in [2.75, 3.05) is 33.2 Å². The lowest BCUT2D eigenvalue weighted by atomic mass is 9.96. The van der Waals surface area contributed by atoms with Gasteiger partial charge in [0.2, 0.25) is 0 Å². The predicted octanol–water partition coefficient (Wildman–Crippen LogP) is 2.84. The Bertz CT molecular complexity index is 254. The molecule has 18 heavy (non-hydrogen) atoms. The van der Waals surface area contributed by atoms with Crippen LogP contribution in [0.1, 0.15) is 45.4 Å². The molecule has 0 radical (unpaired) electrons. The van der Waals surface area contributed by atoms with E-state index >= 15 is 0 Å². The van der Waals surface area contributed by atoms with Gasteiger partial charge in [-0.25, -0.2) is 0 Å². The minimum atomic E-state index is 0.933. The highest BCUT2D eigenvalue weighted by Gasteiger charge is 2.41. The first-order chi connectivity index (χ1) is 8.72. The first-order valence-electron chi connectivity index (χ1n) is 8.15. The zero-order chi connectivity index (χ0) is 12.5. The summed E-state index contributed by atoms with van der Waals surface area (Å²) in [6.45, 7) is 7.93. The zero-order valence-electron chi connectivity index (χ0n) is 12.3. The number of hydrogen-bond donors (Lipinski definition) is 0. The van der Waals surface area contributed by atoms with Crippen molar-refractivity contribution in [2.45, 2.75) is 51.5 Å². The van der Waals surface area contributed by atoms with Crippen LogP contribution >= 0.6 is 0 Å². The molecule has 2 heterocycles. The maximum absolute atomic E-state index is 2.85. The Labute approximate surface area is 113 Å². The molecular weight excluding hydrogens is 220 g/mol. The molecule has 3 fully saturated rings. The van der Waals surface area contributed by atoms with Crippen molar-refractivity contribution in [3.8, 4) is 0 Å². The third kappa shape index (κ3) is 2.75. The van der Waals surface area contributed by atoms with E-state index in [-0.39, 0.29) is 0 Å². The average Bonchev–Trinajstić information content (AvgIpc) is 2.80. The van der Waals surface area contributed by atoms with Gasteiger partial charge in [-0.05, 0) is 76.4 Å². The predicted molar refractivity (Wildman–Crippen MR) is 76.7 cm³/mol. The fraction of sp³-hybridized carbons (Fsp3) is 1.00. The van der Waals surface area contributed by atoms with Crippen LogP contribution in [0.3, 0.4) is 0 Å². The normalized spacial score (nSPS) is 37.7. The van der Waals surface area contributed by atoms with E-state index in [0.29, 0.717) is 0 Å². The van der Waals surface area contributed by atoms with E-state index < -0.39 is 0 Å². The maximum atomic E-state index is 2.85. The van der Waals surface area contributed by atoms with Crippen LogP contribution in [-0.2, 0) is 0 Å². The Morgan fingerprint density at radius 3 is 2.00 bits per heavy atom. The van der Waals surface area contributed by atoms with E-state index in [1.54, 1.807) is 0 Å². The molecule has 0 spiro atoms. The lowest BCUT2D eigenvalue weighted by Crippen LogP contribution is -2.37. The smallest absolute Gasteiger partial charge is 0.0102 e. The molecule has 2 aliphatic heterocycles. The van der Waals surface area contributed by atoms with Crippen LogP contribution in [0, 0.1) is 17.8 Å². The van der Waals surface area contributed by atoms with Gasteiger partial charge in [0.25, 0.3) is 0 Å². The van der Waals surface area contributed by atoms with Crippen LogP contribution in [0.25, 0.3) is 0 Å². The molecule has 2 nitrogen and oxygen atoms in total. The number of likely N-dealkylation sites (tertiary alicyclic amines) is 2. The van der Waals surface area contributed by atoms with Crippen LogP contribution in [0.2, 0.25) is 0 Å². The minimum absolute atomic E-state index is 0.933. The van der Waals surface area contributed by atoms with Gasteiger partial charge in [0.05, 0.1) is 0 Å². The van der Waals surface area contributed by atoms with Crippen LogP contribution < -0.4 is 0 Å². The number of rotatable bonds is 1. The van der Waals surface area contributed by atoms with Gasteiger partial charge < -0.3 is 9.80 Å². The number of nitrogens with zero attached hydrogens (tertiary/aromatic N) is 2. The third-order valence-corrected chi connectivity index (χ3v) is 5.71. The topological polar surface area (TPSA) is 6.48 Å². The lowest BCUT2D eigenvalue weighted by Gasteiger charge is -2.32. The quantitative estimate of drug-likeness (QED) is 0.706. The van der Waals surface area contributed by atoms with E-state index in [4.69, 9.17) is 0 Å². The second-order valence-electron chi connectivity index (χ2n) is 7.29. The number of fused-ring (bicyclic) bond motifs is 1. The molecule has 2 saturated heterocycles. The van der Waals surface area contributed by atoms with E-state index in [1.165, 1.54) is 64.7 Å². The van der Waals surface area contributed by atoms with Crippen molar-refractivity contribution < 1.29 is 0 Å². The molecule has 2 heteroatoms. The molecule has 2 atom stereocenters. The standard InChI is InChI=1S/C16H30N2/c1-13-5-3-7-18(8-4-6-13)16-9-14-11-17(2)12-15(14)10-16/h13-16H,3-12H2,1-2H3/t14-,15-/m0/s1. The lowest BCUT2D eigenvalue weighted by molar-refractivity contribution is 0.160. The Morgan fingerprint density at radius 1 is 0.889 bits per heavy atom. The molecular formula is C16H30N2. The van der Waals surface area contributed by atoms with Gasteiger partial charge in [0, 0.05) is 19.1 Å². The molecule has 1 aliphatic carbocycles. The molecule has 0 aromatic rings. The Balaban J connectivity index is 1.53. The van der Waals surface area contributed by atoms with Gasteiger partial charge in [-0.3, -0.25) is 0 Å². The van der Waals surface area contributed by atoms with Crippen LogP contribution in [0.5, 0.6) is 0 Å². The van der Waals surface area contributed by atoms with Gasteiger partial charge >= 0.3 is 0 Å². The second-order valence-corrected chi connectivity index (χ2v) is 7.29. The summed E-state index contributed by atoms with van der Waals surface area (Å²) in [6, 6.07) is 0.933. The summed E-state index contributed by atoms with van der Waals surface area (Å²) >= 11 is 0. The van der Waals surface area contributed by atoms with Crippen LogP contribution in [0.15, 0.2) is 0 Å². The Hall–Kier alpha value is -0.0800. The summed E-state index contributed by atoms with van der Waals surface area (Å²) in [7, 11) is 2.30. The molecule has 0 bridgehead atoms. The van der Waals surface area contributed by atoms with Crippen molar-refractivity contribution in [3.05, 3.63) is 0 Å². The maximum Gasteiger partial charge on any atom is 0.0102 e. The average molecular weight is 250 g/mol. The van der Waals surface area contributed by atoms with Gasteiger partial charge in [-0.15, -0.1) is 0 Å². The van der Waals surface area contributed by atoms with E-state index in [2.05, 4.69) is 23.8 Å². The monoisotopic (exact) mass is 250 g/mol. The SMILES string of the molecule is CC1CCCN(C2C[C@H]3CN(C)C[C@@H]3C2)CCC1. The number of hydrogen-bond acceptors (Lipinski definition) is 2. The molecule has 0 unspecified atom stereocenters. The molecule has 0 aromatic heterocycles. The molecule has 1 saturated carbocycles. The fourth-order valence-electron chi connectivity index (χ4n) is 4.71. The Kier molecular flexibility index (Phi) is 3.95. The highest BCUT2D eigenvalue weighted by molar-refractivity contribution is 4.95. The second kappa shape index (κ2) is 5.50. The van der Waals surface area contributed by atoms with Gasteiger partial charge in [0.15, 0.2) is 0 Å². The van der Waals surface area contributed by atoms with Crippen LogP contribution in [-0.4, -0.2) is 49.1 Å². The van der Waals surface area contributed by atoms with E-state index in [1.807, 2.05) is 0 Å². The van der Waals surface area contributed by atoms with Crippen molar-refractivity contribution in [3.63, 3.8) is 0 Å². The van der Waals surface area contributed by atoms with Crippen molar-refractivity contribution in [1.29, 1.82) is 0 Å². The van der Waals surface area contributed by atoms with E-state index in [9.17, 15) is 0 Å². The van der Waals surface area contributed by atoms with Crippen LogP contribution in [0.4, 0.5) is 0 Å². The fourth-order valence-corrected chi connectivity index (χ4v) is 4.71. The summed E-state index contributed by atoms with van der Waals surface area (Å²) in [5.41, 5.74) is 0. The molecule has 104 valence electrons. The zero-order valence-corrected chi connectivity index (χ0v) is 12.3. The largest absolute Gasteiger partial charge is 0.306 e. The van der Waals surface area contributed by atoms with Gasteiger partial charge in [-0.2, -0.15) is 0 Å². The third-order valence-electron chi connectivity index (χ3n) is 5.71. The highest BCUT2D eigenvalue weighted by Crippen LogP contribution is 2.40. The first kappa shape index (κ1) is 12.9. The van der Waals surface area contributed by atoms with Crippen molar-refractivity contribution >= 4 is 0 Å². The Morgan fingerprint density at radius 2 is 1.44 bits per heavy atom. The molecule has 3 rings (SSSR count). The minimum Gasteiger partial charge on any atom is -0.306 e. The van der Waals surface area contributed by atoms with Gasteiger partial charge in [0.1, 0.15) is 0 Å². The summed E-state index contributed by atoms with van der Waals surface area (Å²) in [5.74, 6) is 3.01. The first-order valence-corrected chi connectivity index (χ1v) is 8.15. The van der Waals surface area contributed by atoms with Crippen molar-refractivity contribution in [2.24, 2.45) is 17.8 Å². The van der Waals surface area contributed by atoms with Crippen molar-refractivity contribution in [1.82, 2.24) is 9.80 Å². The molecule has 0 amide bonds. The summed E-state index contributed by atoms with van der Waals surface area (Å²) < 4.78 is 0. The summed E-state index contributed by atoms with van der Waals surface area (Å²) in [4.78, 5) is 5.39. The van der Waals surface area contributed by atoms with Gasteiger partial charge in [-0.1, -0.05) is 6.92 Å². The van der Waals surface area contributed by atoms with E-state index in [0.717, 1.165) is 23.8 Å². The molecule has 0 N–H and O–H groups in total. The molecule has 0 aromatic carbocycles.